The summed E-state index contributed by atoms with van der Waals surface area (Å²) in [6.45, 7) is 0.420. The molecule has 2 heterocycles. The van der Waals surface area contributed by atoms with Crippen LogP contribution in [0.2, 0.25) is 0 Å². The lowest BCUT2D eigenvalue weighted by atomic mass is 10.2. The zero-order chi connectivity index (χ0) is 20.6. The number of benzene rings is 2. The maximum atomic E-state index is 6.02. The Labute approximate surface area is 173 Å². The summed E-state index contributed by atoms with van der Waals surface area (Å²) in [6.07, 6.45) is 3.48. The monoisotopic (exact) mass is 401 g/mol. The molecular weight excluding hydrogens is 382 g/mol. The molecule has 0 radical (unpaired) electrons. The van der Waals surface area contributed by atoms with E-state index in [1.165, 1.54) is 0 Å². The summed E-state index contributed by atoms with van der Waals surface area (Å²) in [5.41, 5.74) is 8.51. The van der Waals surface area contributed by atoms with Gasteiger partial charge in [0.05, 0.1) is 0 Å². The largest absolute Gasteiger partial charge is 0.489 e. The number of ether oxygens (including phenoxy) is 1. The highest BCUT2D eigenvalue weighted by Gasteiger charge is 2.09. The molecule has 0 aliphatic rings. The van der Waals surface area contributed by atoms with Crippen LogP contribution in [0, 0.1) is 0 Å². The molecule has 0 bridgehead atoms. The Hall–Kier alpha value is -4.20. The molecule has 150 valence electrons. The molecule has 2 aromatic carbocycles. The summed E-state index contributed by atoms with van der Waals surface area (Å²) in [4.78, 5) is 9.34. The van der Waals surface area contributed by atoms with E-state index in [2.05, 4.69) is 20.3 Å². The smallest absolute Gasteiger partial charge is 0.257 e. The van der Waals surface area contributed by atoms with Gasteiger partial charge >= 0.3 is 0 Å². The number of nitrogens with two attached hydrogens (primary N) is 1. The fourth-order valence-electron chi connectivity index (χ4n) is 2.61. The molecule has 8 nitrogen and oxygen atoms in total. The average molecular weight is 401 g/mol. The van der Waals surface area contributed by atoms with Crippen LogP contribution in [0.4, 0.5) is 0 Å². The van der Waals surface area contributed by atoms with Gasteiger partial charge in [-0.3, -0.25) is 4.98 Å². The average Bonchev–Trinajstić information content (AvgIpc) is 3.28. The maximum Gasteiger partial charge on any atom is 0.257 e. The summed E-state index contributed by atoms with van der Waals surface area (Å²) in [5.74, 6) is 1.60. The predicted octanol–water partition coefficient (Wildman–Crippen LogP) is 3.55. The molecule has 0 atom stereocenters. The number of hydrogen-bond acceptors (Lipinski definition) is 7. The van der Waals surface area contributed by atoms with E-state index < -0.39 is 0 Å². The van der Waals surface area contributed by atoms with Crippen LogP contribution in [0.5, 0.6) is 5.75 Å². The van der Waals surface area contributed by atoms with Crippen molar-refractivity contribution in [3.05, 3.63) is 96.1 Å². The second kappa shape index (κ2) is 9.33. The molecule has 0 fully saturated rings. The van der Waals surface area contributed by atoms with Crippen LogP contribution in [-0.4, -0.2) is 21.0 Å². The number of pyridine rings is 1. The molecule has 4 rings (SSSR count). The molecule has 0 aliphatic heterocycles. The summed E-state index contributed by atoms with van der Waals surface area (Å²) in [6, 6.07) is 20.6. The zero-order valence-corrected chi connectivity index (χ0v) is 16.0. The van der Waals surface area contributed by atoms with Crippen molar-refractivity contribution in [3.63, 3.8) is 0 Å². The number of oxime groups is 1. The molecule has 2 N–H and O–H groups in total. The van der Waals surface area contributed by atoms with Gasteiger partial charge in [-0.1, -0.05) is 41.6 Å². The molecule has 0 saturated heterocycles. The summed E-state index contributed by atoms with van der Waals surface area (Å²) in [5, 5.41) is 11.9. The Morgan fingerprint density at radius 2 is 1.87 bits per heavy atom. The van der Waals surface area contributed by atoms with Crippen molar-refractivity contribution in [3.8, 4) is 17.2 Å². The Kier molecular flexibility index (Phi) is 5.95. The van der Waals surface area contributed by atoms with Crippen LogP contribution in [0.25, 0.3) is 11.5 Å². The third kappa shape index (κ3) is 4.99. The van der Waals surface area contributed by atoms with Crippen molar-refractivity contribution >= 4 is 5.84 Å². The molecule has 2 aromatic heterocycles. The maximum absolute atomic E-state index is 6.02. The highest BCUT2D eigenvalue weighted by Crippen LogP contribution is 2.18. The van der Waals surface area contributed by atoms with E-state index >= 15 is 0 Å². The SMILES string of the molecule is N/C(=N/OCc1nnc(-c2ccccc2)o1)c1cccc(OCc2cccnc2)c1. The van der Waals surface area contributed by atoms with E-state index in [0.717, 1.165) is 11.1 Å². The number of hydrogen-bond donors (Lipinski definition) is 1. The Balaban J connectivity index is 1.34. The van der Waals surface area contributed by atoms with Crippen molar-refractivity contribution in [2.24, 2.45) is 10.9 Å². The third-order valence-corrected chi connectivity index (χ3v) is 4.10. The second-order valence-corrected chi connectivity index (χ2v) is 6.29. The number of amidine groups is 1. The highest BCUT2D eigenvalue weighted by atomic mass is 16.6. The van der Waals surface area contributed by atoms with Gasteiger partial charge in [-0.25, -0.2) is 0 Å². The Morgan fingerprint density at radius 3 is 2.70 bits per heavy atom. The molecule has 0 saturated carbocycles. The standard InChI is InChI=1S/C22H19N5O3/c23-21(18-9-4-10-19(12-18)28-14-16-6-5-11-24-13-16)27-29-15-20-25-26-22(30-20)17-7-2-1-3-8-17/h1-13H,14-15H2,(H2,23,27). The normalized spacial score (nSPS) is 11.3. The molecule has 0 spiro atoms. The van der Waals surface area contributed by atoms with Crippen molar-refractivity contribution in [2.45, 2.75) is 13.2 Å². The van der Waals surface area contributed by atoms with Crippen LogP contribution < -0.4 is 10.5 Å². The second-order valence-electron chi connectivity index (χ2n) is 6.29. The lowest BCUT2D eigenvalue weighted by Gasteiger charge is -2.07. The van der Waals surface area contributed by atoms with Gasteiger partial charge in [0, 0.05) is 29.1 Å². The summed E-state index contributed by atoms with van der Waals surface area (Å²) in [7, 11) is 0. The van der Waals surface area contributed by atoms with Crippen molar-refractivity contribution in [1.82, 2.24) is 15.2 Å². The van der Waals surface area contributed by atoms with Gasteiger partial charge in [0.15, 0.2) is 12.4 Å². The lowest BCUT2D eigenvalue weighted by molar-refractivity contribution is 0.111. The third-order valence-electron chi connectivity index (χ3n) is 4.10. The first-order chi connectivity index (χ1) is 14.8. The first-order valence-electron chi connectivity index (χ1n) is 9.23. The van der Waals surface area contributed by atoms with Crippen LogP contribution in [0.3, 0.4) is 0 Å². The summed E-state index contributed by atoms with van der Waals surface area (Å²) >= 11 is 0. The topological polar surface area (TPSA) is 109 Å². The van der Waals surface area contributed by atoms with Crippen molar-refractivity contribution < 1.29 is 14.0 Å². The minimum absolute atomic E-state index is 0.0116. The van der Waals surface area contributed by atoms with Gasteiger partial charge in [-0.05, 0) is 30.3 Å². The van der Waals surface area contributed by atoms with E-state index in [9.17, 15) is 0 Å². The van der Waals surface area contributed by atoms with Gasteiger partial charge in [-0.15, -0.1) is 10.2 Å². The Morgan fingerprint density at radius 1 is 0.967 bits per heavy atom. The van der Waals surface area contributed by atoms with E-state index in [1.807, 2.05) is 60.7 Å². The molecular formula is C22H19N5O3. The van der Waals surface area contributed by atoms with E-state index in [-0.39, 0.29) is 12.4 Å². The van der Waals surface area contributed by atoms with E-state index in [4.69, 9.17) is 19.7 Å². The van der Waals surface area contributed by atoms with E-state index in [0.29, 0.717) is 29.7 Å². The minimum atomic E-state index is 0.0116. The van der Waals surface area contributed by atoms with Gasteiger partial charge in [0.1, 0.15) is 12.4 Å². The number of nitrogens with zero attached hydrogens (tertiary/aromatic N) is 4. The van der Waals surface area contributed by atoms with Gasteiger partial charge in [0.25, 0.3) is 5.89 Å². The summed E-state index contributed by atoms with van der Waals surface area (Å²) < 4.78 is 11.3. The quantitative estimate of drug-likeness (QED) is 0.273. The Bertz CT molecular complexity index is 1110. The molecule has 0 aliphatic carbocycles. The predicted molar refractivity (Wildman–Crippen MR) is 110 cm³/mol. The number of aromatic nitrogens is 3. The molecule has 8 heteroatoms. The van der Waals surface area contributed by atoms with Gasteiger partial charge in [0.2, 0.25) is 5.89 Å². The van der Waals surface area contributed by atoms with Crippen LogP contribution in [0.1, 0.15) is 17.0 Å². The van der Waals surface area contributed by atoms with Crippen LogP contribution in [-0.2, 0) is 18.1 Å². The molecule has 0 amide bonds. The molecule has 4 aromatic rings. The molecule has 0 unspecified atom stereocenters. The van der Waals surface area contributed by atoms with E-state index in [1.54, 1.807) is 18.5 Å². The van der Waals surface area contributed by atoms with Crippen LogP contribution in [0.15, 0.2) is 88.7 Å². The molecule has 30 heavy (non-hydrogen) atoms. The zero-order valence-electron chi connectivity index (χ0n) is 16.0. The van der Waals surface area contributed by atoms with Crippen molar-refractivity contribution in [1.29, 1.82) is 0 Å². The fraction of sp³-hybridized carbons (Fsp3) is 0.0909. The van der Waals surface area contributed by atoms with Gasteiger partial charge in [-0.2, -0.15) is 0 Å². The number of rotatable bonds is 8. The fourth-order valence-corrected chi connectivity index (χ4v) is 2.61. The van der Waals surface area contributed by atoms with Crippen LogP contribution >= 0.6 is 0 Å². The van der Waals surface area contributed by atoms with Crippen molar-refractivity contribution in [2.75, 3.05) is 0 Å². The first-order valence-corrected chi connectivity index (χ1v) is 9.23. The first kappa shape index (κ1) is 19.1. The lowest BCUT2D eigenvalue weighted by Crippen LogP contribution is -2.14. The van der Waals surface area contributed by atoms with Gasteiger partial charge < -0.3 is 19.7 Å². The highest BCUT2D eigenvalue weighted by molar-refractivity contribution is 5.97. The minimum Gasteiger partial charge on any atom is -0.489 e.